The molecule has 0 aliphatic heterocycles. The van der Waals surface area contributed by atoms with Crippen molar-refractivity contribution in [1.29, 1.82) is 0 Å². The highest BCUT2D eigenvalue weighted by Crippen LogP contribution is 2.03. The number of aldehydes is 1. The number of carbonyl (C=O) groups is 6. The van der Waals surface area contributed by atoms with Crippen molar-refractivity contribution < 1.29 is 38.4 Å². The fourth-order valence-electron chi connectivity index (χ4n) is 3.18. The minimum Gasteiger partial charge on any atom is -0.394 e. The lowest BCUT2D eigenvalue weighted by Gasteiger charge is -2.25. The van der Waals surface area contributed by atoms with Crippen molar-refractivity contribution in [2.24, 2.45) is 5.73 Å². The molecular formula is C22H35N7O8. The van der Waals surface area contributed by atoms with Crippen LogP contribution in [0.4, 0.5) is 0 Å². The van der Waals surface area contributed by atoms with Gasteiger partial charge in [-0.2, -0.15) is 0 Å². The van der Waals surface area contributed by atoms with E-state index in [4.69, 9.17) is 10.3 Å². The third-order valence-electron chi connectivity index (χ3n) is 5.17. The molecule has 0 saturated carbocycles. The second-order valence-corrected chi connectivity index (χ2v) is 7.95. The van der Waals surface area contributed by atoms with Crippen molar-refractivity contribution in [3.63, 3.8) is 0 Å². The molecule has 1 aromatic rings. The predicted octanol–water partition coefficient (Wildman–Crippen LogP) is -2.91. The van der Waals surface area contributed by atoms with Crippen LogP contribution in [0, 0.1) is 0 Å². The molecule has 37 heavy (non-hydrogen) atoms. The van der Waals surface area contributed by atoms with Gasteiger partial charge in [0.1, 0.15) is 30.5 Å². The molecule has 0 aromatic carbocycles. The maximum atomic E-state index is 12.8. The van der Waals surface area contributed by atoms with Crippen molar-refractivity contribution in [3.8, 4) is 0 Å². The topological polar surface area (TPSA) is 235 Å². The largest absolute Gasteiger partial charge is 0.394 e. The fourth-order valence-corrected chi connectivity index (χ4v) is 3.18. The minimum absolute atomic E-state index is 0.0778. The molecule has 0 radical (unpaired) electrons. The van der Waals surface area contributed by atoms with E-state index in [0.717, 1.165) is 0 Å². The van der Waals surface area contributed by atoms with E-state index in [1.807, 2.05) is 0 Å². The summed E-state index contributed by atoms with van der Waals surface area (Å²) in [4.78, 5) is 73.1. The number of carbonyl (C=O) groups excluding carboxylic acids is 6. The summed E-state index contributed by atoms with van der Waals surface area (Å²) in [6.07, 6.45) is 2.70. The van der Waals surface area contributed by atoms with Gasteiger partial charge in [0.15, 0.2) is 0 Å². The molecule has 0 aliphatic carbocycles. The summed E-state index contributed by atoms with van der Waals surface area (Å²) in [6.45, 7) is 2.46. The number of hydrogen-bond acceptors (Lipinski definition) is 10. The number of nitrogens with one attached hydrogen (secondary N) is 5. The smallest absolute Gasteiger partial charge is 0.290 e. The van der Waals surface area contributed by atoms with Crippen LogP contribution in [0.2, 0.25) is 0 Å². The minimum atomic E-state index is -1.42. The van der Waals surface area contributed by atoms with E-state index in [1.54, 1.807) is 13.8 Å². The number of aliphatic hydroxyl groups is 1. The molecule has 0 saturated heterocycles. The number of nitrogens with zero attached hydrogens (tertiary/aromatic N) is 1. The second kappa shape index (κ2) is 16.8. The number of aliphatic hydroxyl groups excluding tert-OH is 1. The van der Waals surface area contributed by atoms with Gasteiger partial charge in [0.2, 0.25) is 29.4 Å². The standard InChI is InChI=1S/C22H35N7O8/c1-3-5-14(20(34)28-15(6-8-23)18(32)24-10-11-30)27-21(35)16(12-31)29-19(33)13(4-2)26-22(36)17-7-9-25-37-17/h7,9,11,13-16,31H,3-6,8,10,12,23H2,1-2H3,(H,24,32)(H,26,36)(H,27,35)(H,28,34)(H,29,33)/t13-,14-,15-,16+/m0/s1. The number of hydrogen-bond donors (Lipinski definition) is 7. The lowest BCUT2D eigenvalue weighted by Crippen LogP contribution is -2.59. The van der Waals surface area contributed by atoms with Gasteiger partial charge in [-0.15, -0.1) is 0 Å². The zero-order chi connectivity index (χ0) is 27.8. The lowest BCUT2D eigenvalue weighted by atomic mass is 10.1. The van der Waals surface area contributed by atoms with Crippen molar-refractivity contribution in [1.82, 2.24) is 31.7 Å². The summed E-state index contributed by atoms with van der Waals surface area (Å²) in [6, 6.07) is -3.27. The third-order valence-corrected chi connectivity index (χ3v) is 5.17. The maximum absolute atomic E-state index is 12.8. The van der Waals surface area contributed by atoms with E-state index < -0.39 is 60.3 Å². The first-order chi connectivity index (χ1) is 17.7. The van der Waals surface area contributed by atoms with E-state index in [9.17, 15) is 33.9 Å². The number of amides is 5. The van der Waals surface area contributed by atoms with Gasteiger partial charge < -0.3 is 46.7 Å². The van der Waals surface area contributed by atoms with Gasteiger partial charge in [0, 0.05) is 6.07 Å². The van der Waals surface area contributed by atoms with Gasteiger partial charge in [0.05, 0.1) is 19.3 Å². The summed E-state index contributed by atoms with van der Waals surface area (Å²) in [7, 11) is 0. The molecule has 206 valence electrons. The van der Waals surface area contributed by atoms with Gasteiger partial charge in [-0.25, -0.2) is 0 Å². The average molecular weight is 526 g/mol. The monoisotopic (exact) mass is 525 g/mol. The van der Waals surface area contributed by atoms with Crippen molar-refractivity contribution >= 4 is 35.8 Å². The first kappa shape index (κ1) is 31.2. The number of aromatic nitrogens is 1. The Morgan fingerprint density at radius 3 is 2.05 bits per heavy atom. The van der Waals surface area contributed by atoms with Crippen LogP contribution in [0.5, 0.6) is 0 Å². The summed E-state index contributed by atoms with van der Waals surface area (Å²) in [5.74, 6) is -3.66. The maximum Gasteiger partial charge on any atom is 0.290 e. The zero-order valence-corrected chi connectivity index (χ0v) is 20.8. The van der Waals surface area contributed by atoms with Crippen LogP contribution >= 0.6 is 0 Å². The summed E-state index contributed by atoms with van der Waals surface area (Å²) in [5.41, 5.74) is 5.51. The Morgan fingerprint density at radius 2 is 1.54 bits per heavy atom. The molecule has 1 aromatic heterocycles. The molecule has 0 spiro atoms. The highest BCUT2D eigenvalue weighted by atomic mass is 16.5. The SMILES string of the molecule is CCC[C@H](NC(=O)[C@@H](CO)NC(=O)[C@H](CC)NC(=O)c1ccno1)C(=O)N[C@@H](CCN)C(=O)NCC=O. The first-order valence-electron chi connectivity index (χ1n) is 11.9. The number of nitrogens with two attached hydrogens (primary N) is 1. The first-order valence-corrected chi connectivity index (χ1v) is 11.9. The molecule has 0 bridgehead atoms. The van der Waals surface area contributed by atoms with E-state index in [2.05, 4.69) is 31.7 Å². The van der Waals surface area contributed by atoms with Gasteiger partial charge in [-0.1, -0.05) is 25.4 Å². The Labute approximate surface area is 213 Å². The van der Waals surface area contributed by atoms with Crippen LogP contribution in [0.1, 0.15) is 50.1 Å². The Bertz CT molecular complexity index is 909. The van der Waals surface area contributed by atoms with Gasteiger partial charge >= 0.3 is 0 Å². The molecule has 4 atom stereocenters. The van der Waals surface area contributed by atoms with E-state index >= 15 is 0 Å². The zero-order valence-electron chi connectivity index (χ0n) is 20.8. The van der Waals surface area contributed by atoms with Gasteiger partial charge in [-0.05, 0) is 25.8 Å². The molecule has 1 heterocycles. The molecule has 15 heteroatoms. The molecule has 5 amide bonds. The molecule has 0 fully saturated rings. The van der Waals surface area contributed by atoms with E-state index in [0.29, 0.717) is 12.7 Å². The quantitative estimate of drug-likeness (QED) is 0.102. The highest BCUT2D eigenvalue weighted by molar-refractivity contribution is 5.97. The second-order valence-electron chi connectivity index (χ2n) is 7.95. The molecule has 0 aliphatic rings. The average Bonchev–Trinajstić information content (AvgIpc) is 3.43. The Kier molecular flexibility index (Phi) is 14.1. The van der Waals surface area contributed by atoms with Crippen LogP contribution in [0.25, 0.3) is 0 Å². The fraction of sp³-hybridized carbons (Fsp3) is 0.591. The molecule has 15 nitrogen and oxygen atoms in total. The summed E-state index contributed by atoms with van der Waals surface area (Å²) in [5, 5.41) is 25.2. The van der Waals surface area contributed by atoms with Gasteiger partial charge in [-0.3, -0.25) is 24.0 Å². The van der Waals surface area contributed by atoms with Crippen molar-refractivity contribution in [3.05, 3.63) is 18.0 Å². The van der Waals surface area contributed by atoms with Crippen LogP contribution in [0.15, 0.2) is 16.8 Å². The summed E-state index contributed by atoms with van der Waals surface area (Å²) < 4.78 is 4.74. The van der Waals surface area contributed by atoms with Gasteiger partial charge in [0.25, 0.3) is 5.91 Å². The van der Waals surface area contributed by atoms with Crippen LogP contribution < -0.4 is 32.3 Å². The highest BCUT2D eigenvalue weighted by Gasteiger charge is 2.30. The predicted molar refractivity (Wildman–Crippen MR) is 129 cm³/mol. The lowest BCUT2D eigenvalue weighted by molar-refractivity contribution is -0.134. The van der Waals surface area contributed by atoms with Crippen LogP contribution in [-0.4, -0.2) is 89.9 Å². The molecule has 8 N–H and O–H groups in total. The van der Waals surface area contributed by atoms with Crippen molar-refractivity contribution in [2.75, 3.05) is 19.7 Å². The molecule has 0 unspecified atom stereocenters. The van der Waals surface area contributed by atoms with E-state index in [1.165, 1.54) is 12.3 Å². The van der Waals surface area contributed by atoms with Crippen LogP contribution in [-0.2, 0) is 24.0 Å². The van der Waals surface area contributed by atoms with Crippen molar-refractivity contribution in [2.45, 2.75) is 63.7 Å². The molecular weight excluding hydrogens is 490 g/mol. The Balaban J connectivity index is 2.83. The Morgan fingerprint density at radius 1 is 0.946 bits per heavy atom. The Hall–Kier alpha value is -3.85. The third kappa shape index (κ3) is 10.3. The summed E-state index contributed by atoms with van der Waals surface area (Å²) >= 11 is 0. The number of rotatable bonds is 17. The normalized spacial score (nSPS) is 13.8. The van der Waals surface area contributed by atoms with Crippen LogP contribution in [0.3, 0.4) is 0 Å². The molecule has 1 rings (SSSR count). The van der Waals surface area contributed by atoms with E-state index in [-0.39, 0.29) is 38.1 Å².